The van der Waals surface area contributed by atoms with Crippen LogP contribution in [-0.4, -0.2) is 18.0 Å². The van der Waals surface area contributed by atoms with Crippen molar-refractivity contribution in [2.24, 2.45) is 5.92 Å². The van der Waals surface area contributed by atoms with Gasteiger partial charge >= 0.3 is 11.9 Å². The average Bonchev–Trinajstić information content (AvgIpc) is 2.63. The smallest absolute Gasteiger partial charge is 0.338 e. The Morgan fingerprint density at radius 2 is 1.52 bits per heavy atom. The number of hydrogen-bond donors (Lipinski definition) is 2. The zero-order valence-electron chi connectivity index (χ0n) is 14.7. The molecule has 2 aromatic rings. The molecule has 0 spiro atoms. The van der Waals surface area contributed by atoms with Crippen LogP contribution in [0.25, 0.3) is 0 Å². The zero-order valence-corrected chi connectivity index (χ0v) is 14.7. The number of nitrogen functional groups attached to an aromatic ring is 2. The molecule has 2 aromatic carbocycles. The Bertz CT molecular complexity index is 810. The molecule has 0 bridgehead atoms. The topological polar surface area (TPSA) is 105 Å². The molecule has 0 radical (unpaired) electrons. The van der Waals surface area contributed by atoms with Gasteiger partial charge in [-0.05, 0) is 68.1 Å². The number of nitrogens with two attached hydrogens (primary N) is 2. The molecular formula is C20H21FN2O4. The quantitative estimate of drug-likeness (QED) is 0.485. The summed E-state index contributed by atoms with van der Waals surface area (Å²) in [5.41, 5.74) is 12.5. The van der Waals surface area contributed by atoms with Crippen molar-refractivity contribution < 1.29 is 23.5 Å². The summed E-state index contributed by atoms with van der Waals surface area (Å²) in [4.78, 5) is 24.5. The maximum Gasteiger partial charge on any atom is 0.338 e. The first-order valence-electron chi connectivity index (χ1n) is 8.75. The molecule has 6 nitrogen and oxygen atoms in total. The van der Waals surface area contributed by atoms with Crippen molar-refractivity contribution in [3.8, 4) is 5.75 Å². The molecule has 27 heavy (non-hydrogen) atoms. The van der Waals surface area contributed by atoms with Crippen LogP contribution in [-0.2, 0) is 9.53 Å². The molecule has 3 rings (SSSR count). The first-order valence-corrected chi connectivity index (χ1v) is 8.75. The van der Waals surface area contributed by atoms with E-state index in [0.717, 1.165) is 0 Å². The Morgan fingerprint density at radius 1 is 0.926 bits per heavy atom. The molecule has 0 heterocycles. The third kappa shape index (κ3) is 4.97. The number of rotatable bonds is 4. The lowest BCUT2D eigenvalue weighted by Crippen LogP contribution is -2.30. The van der Waals surface area contributed by atoms with Crippen molar-refractivity contribution >= 4 is 23.3 Å². The number of halogens is 1. The van der Waals surface area contributed by atoms with Crippen molar-refractivity contribution in [3.05, 3.63) is 53.8 Å². The van der Waals surface area contributed by atoms with Crippen molar-refractivity contribution in [3.63, 3.8) is 0 Å². The van der Waals surface area contributed by atoms with Gasteiger partial charge in [-0.3, -0.25) is 4.79 Å². The fourth-order valence-corrected chi connectivity index (χ4v) is 3.13. The Kier molecular flexibility index (Phi) is 5.59. The van der Waals surface area contributed by atoms with Crippen LogP contribution in [0.1, 0.15) is 36.0 Å². The summed E-state index contributed by atoms with van der Waals surface area (Å²) in [6, 6.07) is 9.91. The van der Waals surface area contributed by atoms with Crippen molar-refractivity contribution in [1.82, 2.24) is 0 Å². The SMILES string of the molecule is Nc1cc(N)cc(C(=O)OC2CCC(C(=O)Oc3ccc(F)cc3)CC2)c1. The molecule has 142 valence electrons. The summed E-state index contributed by atoms with van der Waals surface area (Å²) in [7, 11) is 0. The highest BCUT2D eigenvalue weighted by atomic mass is 19.1. The Morgan fingerprint density at radius 3 is 2.11 bits per heavy atom. The number of benzene rings is 2. The average molecular weight is 372 g/mol. The first-order chi connectivity index (χ1) is 12.9. The maximum atomic E-state index is 12.9. The van der Waals surface area contributed by atoms with Crippen LogP contribution in [0.3, 0.4) is 0 Å². The Hall–Kier alpha value is -3.09. The second kappa shape index (κ2) is 8.07. The molecule has 1 aliphatic carbocycles. The minimum absolute atomic E-state index is 0.268. The fourth-order valence-electron chi connectivity index (χ4n) is 3.13. The van der Waals surface area contributed by atoms with Gasteiger partial charge < -0.3 is 20.9 Å². The van der Waals surface area contributed by atoms with Crippen molar-refractivity contribution in [1.29, 1.82) is 0 Å². The van der Waals surface area contributed by atoms with Crippen molar-refractivity contribution in [2.75, 3.05) is 11.5 Å². The van der Waals surface area contributed by atoms with E-state index in [0.29, 0.717) is 48.4 Å². The molecule has 1 aliphatic rings. The number of carbonyl (C=O) groups is 2. The summed E-state index contributed by atoms with van der Waals surface area (Å²) in [5.74, 6) is -1.18. The van der Waals surface area contributed by atoms with E-state index in [2.05, 4.69) is 0 Å². The third-order valence-corrected chi connectivity index (χ3v) is 4.53. The molecule has 7 heteroatoms. The number of anilines is 2. The van der Waals surface area contributed by atoms with Gasteiger partial charge in [0.05, 0.1) is 11.5 Å². The molecular weight excluding hydrogens is 351 g/mol. The molecule has 4 N–H and O–H groups in total. The van der Waals surface area contributed by atoms with Crippen LogP contribution >= 0.6 is 0 Å². The minimum atomic E-state index is -0.480. The molecule has 1 fully saturated rings. The van der Waals surface area contributed by atoms with Gasteiger partial charge in [-0.2, -0.15) is 0 Å². The standard InChI is InChI=1S/C20H21FN2O4/c21-14-3-7-18(8-4-14)26-19(24)12-1-5-17(6-2-12)27-20(25)13-9-15(22)11-16(23)10-13/h3-4,7-12,17H,1-2,5-6,22-23H2. The van der Waals surface area contributed by atoms with Crippen LogP contribution < -0.4 is 16.2 Å². The molecule has 0 saturated heterocycles. The van der Waals surface area contributed by atoms with E-state index < -0.39 is 5.97 Å². The van der Waals surface area contributed by atoms with Crippen LogP contribution in [0.4, 0.5) is 15.8 Å². The predicted molar refractivity (Wildman–Crippen MR) is 98.5 cm³/mol. The highest BCUT2D eigenvalue weighted by Gasteiger charge is 2.30. The zero-order chi connectivity index (χ0) is 19.4. The summed E-state index contributed by atoms with van der Waals surface area (Å²) in [5, 5.41) is 0. The van der Waals surface area contributed by atoms with E-state index in [1.807, 2.05) is 0 Å². The second-order valence-corrected chi connectivity index (χ2v) is 6.64. The third-order valence-electron chi connectivity index (χ3n) is 4.53. The maximum absolute atomic E-state index is 12.9. The van der Waals surface area contributed by atoms with Crippen LogP contribution in [0.5, 0.6) is 5.75 Å². The van der Waals surface area contributed by atoms with Gasteiger partial charge in [0, 0.05) is 11.4 Å². The molecule has 0 atom stereocenters. The Labute approximate surface area is 156 Å². The second-order valence-electron chi connectivity index (χ2n) is 6.64. The van der Waals surface area contributed by atoms with Crippen LogP contribution in [0, 0.1) is 11.7 Å². The first kappa shape index (κ1) is 18.7. The van der Waals surface area contributed by atoms with Gasteiger partial charge in [0.1, 0.15) is 17.7 Å². The van der Waals surface area contributed by atoms with Crippen LogP contribution in [0.15, 0.2) is 42.5 Å². The summed E-state index contributed by atoms with van der Waals surface area (Å²) in [6.07, 6.45) is 1.96. The summed E-state index contributed by atoms with van der Waals surface area (Å²) in [6.45, 7) is 0. The molecule has 0 aromatic heterocycles. The normalized spacial score (nSPS) is 19.3. The van der Waals surface area contributed by atoms with Gasteiger partial charge in [0.25, 0.3) is 0 Å². The fraction of sp³-hybridized carbons (Fsp3) is 0.300. The van der Waals surface area contributed by atoms with E-state index in [1.165, 1.54) is 36.4 Å². The molecule has 0 aliphatic heterocycles. The monoisotopic (exact) mass is 372 g/mol. The summed E-state index contributed by atoms with van der Waals surface area (Å²) < 4.78 is 23.7. The Balaban J connectivity index is 1.50. The summed E-state index contributed by atoms with van der Waals surface area (Å²) >= 11 is 0. The van der Waals surface area contributed by atoms with E-state index >= 15 is 0 Å². The van der Waals surface area contributed by atoms with E-state index in [4.69, 9.17) is 20.9 Å². The van der Waals surface area contributed by atoms with E-state index in [-0.39, 0.29) is 23.8 Å². The van der Waals surface area contributed by atoms with Crippen molar-refractivity contribution in [2.45, 2.75) is 31.8 Å². The molecule has 0 amide bonds. The lowest BCUT2D eigenvalue weighted by Gasteiger charge is -2.27. The van der Waals surface area contributed by atoms with E-state index in [9.17, 15) is 14.0 Å². The van der Waals surface area contributed by atoms with E-state index in [1.54, 1.807) is 6.07 Å². The van der Waals surface area contributed by atoms with Gasteiger partial charge in [0.15, 0.2) is 0 Å². The number of ether oxygens (including phenoxy) is 2. The number of hydrogen-bond acceptors (Lipinski definition) is 6. The predicted octanol–water partition coefficient (Wildman–Crippen LogP) is 3.31. The van der Waals surface area contributed by atoms with Gasteiger partial charge in [-0.15, -0.1) is 0 Å². The minimum Gasteiger partial charge on any atom is -0.459 e. The number of esters is 2. The van der Waals surface area contributed by atoms with Gasteiger partial charge in [-0.25, -0.2) is 9.18 Å². The van der Waals surface area contributed by atoms with Gasteiger partial charge in [0.2, 0.25) is 0 Å². The molecule has 0 unspecified atom stereocenters. The highest BCUT2D eigenvalue weighted by Crippen LogP contribution is 2.29. The van der Waals surface area contributed by atoms with Gasteiger partial charge in [-0.1, -0.05) is 0 Å². The number of carbonyl (C=O) groups excluding carboxylic acids is 2. The lowest BCUT2D eigenvalue weighted by molar-refractivity contribution is -0.140. The van der Waals surface area contributed by atoms with Crippen LogP contribution in [0.2, 0.25) is 0 Å². The molecule has 1 saturated carbocycles. The lowest BCUT2D eigenvalue weighted by atomic mass is 9.87. The largest absolute Gasteiger partial charge is 0.459 e. The highest BCUT2D eigenvalue weighted by molar-refractivity contribution is 5.91.